The van der Waals surface area contributed by atoms with E-state index < -0.39 is 0 Å². The maximum atomic E-state index is 5.44. The first-order valence-corrected chi connectivity index (χ1v) is 7.28. The van der Waals surface area contributed by atoms with Crippen molar-refractivity contribution in [1.29, 1.82) is 0 Å². The summed E-state index contributed by atoms with van der Waals surface area (Å²) in [6, 6.07) is 12.2. The number of nitrogens with one attached hydrogen (secondary N) is 1. The Labute approximate surface area is 120 Å². The number of nitrogens with zero attached hydrogens (tertiary/aromatic N) is 2. The van der Waals surface area contributed by atoms with Crippen molar-refractivity contribution in [3.05, 3.63) is 48.3 Å². The average Bonchev–Trinajstić information content (AvgIpc) is 2.96. The number of para-hydroxylation sites is 1. The molecule has 0 radical (unpaired) electrons. The minimum atomic E-state index is 0.799. The Kier molecular flexibility index (Phi) is 6.27. The zero-order valence-electron chi connectivity index (χ0n) is 12.1. The van der Waals surface area contributed by atoms with Crippen LogP contribution in [0.25, 0.3) is 5.69 Å². The topological polar surface area (TPSA) is 39.1 Å². The highest BCUT2D eigenvalue weighted by Gasteiger charge is 2.00. The van der Waals surface area contributed by atoms with Gasteiger partial charge in [0.15, 0.2) is 0 Å². The quantitative estimate of drug-likeness (QED) is 0.714. The number of hydrogen-bond acceptors (Lipinski definition) is 3. The van der Waals surface area contributed by atoms with E-state index in [0.717, 1.165) is 50.5 Å². The zero-order valence-corrected chi connectivity index (χ0v) is 12.1. The molecule has 20 heavy (non-hydrogen) atoms. The van der Waals surface area contributed by atoms with Crippen molar-refractivity contribution in [3.63, 3.8) is 0 Å². The van der Waals surface area contributed by atoms with Crippen LogP contribution in [0.5, 0.6) is 0 Å². The van der Waals surface area contributed by atoms with Gasteiger partial charge in [0.2, 0.25) is 0 Å². The smallest absolute Gasteiger partial charge is 0.0766 e. The van der Waals surface area contributed by atoms with Crippen LogP contribution in [0.3, 0.4) is 0 Å². The van der Waals surface area contributed by atoms with Crippen LogP contribution < -0.4 is 5.32 Å². The lowest BCUT2D eigenvalue weighted by atomic mass is 10.3. The Hall–Kier alpha value is -1.65. The summed E-state index contributed by atoms with van der Waals surface area (Å²) in [6.07, 6.45) is 4.13. The van der Waals surface area contributed by atoms with Crippen LogP contribution in [0.2, 0.25) is 0 Å². The van der Waals surface area contributed by atoms with E-state index in [1.54, 1.807) is 0 Å². The molecule has 0 spiro atoms. The van der Waals surface area contributed by atoms with Crippen LogP contribution in [-0.4, -0.2) is 29.5 Å². The Balaban J connectivity index is 1.69. The van der Waals surface area contributed by atoms with E-state index in [1.165, 1.54) is 0 Å². The lowest BCUT2D eigenvalue weighted by Crippen LogP contribution is -2.17. The fourth-order valence-electron chi connectivity index (χ4n) is 1.94. The standard InChI is InChI=1S/C16H23N3O/c1-2-12-20-13-6-10-17-14-15-9-11-19(18-15)16-7-4-3-5-8-16/h3-5,7-9,11,17H,2,6,10,12-14H2,1H3. The highest BCUT2D eigenvalue weighted by Crippen LogP contribution is 2.06. The molecule has 1 aromatic heterocycles. The molecular weight excluding hydrogens is 250 g/mol. The SMILES string of the molecule is CCCOCCCNCc1ccn(-c2ccccc2)n1. The first kappa shape index (κ1) is 14.8. The first-order chi connectivity index (χ1) is 9.90. The molecule has 1 heterocycles. The van der Waals surface area contributed by atoms with Gasteiger partial charge in [-0.2, -0.15) is 5.10 Å². The third kappa shape index (κ3) is 4.79. The van der Waals surface area contributed by atoms with Crippen LogP contribution in [0, 0.1) is 0 Å². The summed E-state index contributed by atoms with van der Waals surface area (Å²) in [7, 11) is 0. The van der Waals surface area contributed by atoms with Gasteiger partial charge in [0, 0.05) is 26.0 Å². The van der Waals surface area contributed by atoms with Gasteiger partial charge in [-0.1, -0.05) is 25.1 Å². The predicted octanol–water partition coefficient (Wildman–Crippen LogP) is 2.78. The maximum Gasteiger partial charge on any atom is 0.0766 e. The van der Waals surface area contributed by atoms with Crippen molar-refractivity contribution >= 4 is 0 Å². The van der Waals surface area contributed by atoms with Crippen molar-refractivity contribution in [2.75, 3.05) is 19.8 Å². The van der Waals surface area contributed by atoms with Gasteiger partial charge in [-0.05, 0) is 37.6 Å². The Bertz CT molecular complexity index is 481. The molecule has 0 aliphatic carbocycles. The fourth-order valence-corrected chi connectivity index (χ4v) is 1.94. The molecule has 0 amide bonds. The van der Waals surface area contributed by atoms with E-state index in [-0.39, 0.29) is 0 Å². The van der Waals surface area contributed by atoms with E-state index >= 15 is 0 Å². The molecule has 0 saturated carbocycles. The molecule has 2 aromatic rings. The number of aromatic nitrogens is 2. The van der Waals surface area contributed by atoms with Crippen molar-refractivity contribution in [2.24, 2.45) is 0 Å². The molecule has 0 aliphatic heterocycles. The summed E-state index contributed by atoms with van der Waals surface area (Å²) in [5, 5.41) is 7.94. The molecule has 4 nitrogen and oxygen atoms in total. The van der Waals surface area contributed by atoms with Crippen molar-refractivity contribution in [2.45, 2.75) is 26.3 Å². The van der Waals surface area contributed by atoms with E-state index in [4.69, 9.17) is 4.74 Å². The summed E-state index contributed by atoms with van der Waals surface area (Å²) in [6.45, 7) is 5.58. The minimum absolute atomic E-state index is 0.799. The van der Waals surface area contributed by atoms with Gasteiger partial charge in [-0.3, -0.25) is 0 Å². The van der Waals surface area contributed by atoms with E-state index in [1.807, 2.05) is 35.1 Å². The van der Waals surface area contributed by atoms with Crippen molar-refractivity contribution in [3.8, 4) is 5.69 Å². The molecule has 108 valence electrons. The monoisotopic (exact) mass is 273 g/mol. The lowest BCUT2D eigenvalue weighted by molar-refractivity contribution is 0.132. The summed E-state index contributed by atoms with van der Waals surface area (Å²) in [4.78, 5) is 0. The van der Waals surface area contributed by atoms with Gasteiger partial charge >= 0.3 is 0 Å². The summed E-state index contributed by atoms with van der Waals surface area (Å²) < 4.78 is 7.34. The van der Waals surface area contributed by atoms with Crippen molar-refractivity contribution < 1.29 is 4.74 Å². The molecule has 0 bridgehead atoms. The second-order valence-electron chi connectivity index (χ2n) is 4.73. The first-order valence-electron chi connectivity index (χ1n) is 7.28. The molecule has 1 aromatic carbocycles. The lowest BCUT2D eigenvalue weighted by Gasteiger charge is -2.04. The highest BCUT2D eigenvalue weighted by molar-refractivity contribution is 5.30. The van der Waals surface area contributed by atoms with Crippen LogP contribution in [-0.2, 0) is 11.3 Å². The van der Waals surface area contributed by atoms with E-state index in [9.17, 15) is 0 Å². The van der Waals surface area contributed by atoms with Gasteiger partial charge in [-0.25, -0.2) is 4.68 Å². The fraction of sp³-hybridized carbons (Fsp3) is 0.438. The Morgan fingerprint density at radius 2 is 2.00 bits per heavy atom. The molecule has 0 atom stereocenters. The molecule has 1 N–H and O–H groups in total. The number of rotatable bonds is 9. The number of benzene rings is 1. The molecule has 2 rings (SSSR count). The summed E-state index contributed by atoms with van der Waals surface area (Å²) in [5.74, 6) is 0. The van der Waals surface area contributed by atoms with Gasteiger partial charge in [0.05, 0.1) is 11.4 Å². The molecule has 0 fully saturated rings. The molecule has 0 saturated heterocycles. The second-order valence-corrected chi connectivity index (χ2v) is 4.73. The highest BCUT2D eigenvalue weighted by atomic mass is 16.5. The number of hydrogen-bond donors (Lipinski definition) is 1. The van der Waals surface area contributed by atoms with Gasteiger partial charge in [0.25, 0.3) is 0 Å². The third-order valence-corrected chi connectivity index (χ3v) is 2.96. The summed E-state index contributed by atoms with van der Waals surface area (Å²) >= 11 is 0. The Morgan fingerprint density at radius 1 is 1.15 bits per heavy atom. The van der Waals surface area contributed by atoms with Gasteiger partial charge in [0.1, 0.15) is 0 Å². The molecule has 0 aliphatic rings. The third-order valence-electron chi connectivity index (χ3n) is 2.96. The second kappa shape index (κ2) is 8.51. The largest absolute Gasteiger partial charge is 0.381 e. The average molecular weight is 273 g/mol. The van der Waals surface area contributed by atoms with E-state index in [0.29, 0.717) is 0 Å². The summed E-state index contributed by atoms with van der Waals surface area (Å²) in [5.41, 5.74) is 2.15. The van der Waals surface area contributed by atoms with E-state index in [2.05, 4.69) is 29.5 Å². The minimum Gasteiger partial charge on any atom is -0.381 e. The normalized spacial score (nSPS) is 10.8. The molecular formula is C16H23N3O. The number of ether oxygens (including phenoxy) is 1. The van der Waals surface area contributed by atoms with Crippen LogP contribution in [0.4, 0.5) is 0 Å². The molecule has 0 unspecified atom stereocenters. The van der Waals surface area contributed by atoms with Crippen LogP contribution in [0.1, 0.15) is 25.5 Å². The molecule has 4 heteroatoms. The van der Waals surface area contributed by atoms with Crippen LogP contribution >= 0.6 is 0 Å². The maximum absolute atomic E-state index is 5.44. The zero-order chi connectivity index (χ0) is 14.0. The predicted molar refractivity (Wildman–Crippen MR) is 81.0 cm³/mol. The van der Waals surface area contributed by atoms with Gasteiger partial charge < -0.3 is 10.1 Å². The Morgan fingerprint density at radius 3 is 2.80 bits per heavy atom. The van der Waals surface area contributed by atoms with Gasteiger partial charge in [-0.15, -0.1) is 0 Å². The van der Waals surface area contributed by atoms with Crippen molar-refractivity contribution in [1.82, 2.24) is 15.1 Å². The van der Waals surface area contributed by atoms with Crippen LogP contribution in [0.15, 0.2) is 42.6 Å².